The molecule has 1 aromatic carbocycles. The Kier molecular flexibility index (Phi) is 2.77. The molecule has 0 aliphatic heterocycles. The number of benzene rings is 1. The summed E-state index contributed by atoms with van der Waals surface area (Å²) >= 11 is 0. The lowest BCUT2D eigenvalue weighted by molar-refractivity contribution is -0.108. The van der Waals surface area contributed by atoms with Gasteiger partial charge in [-0.3, -0.25) is 0 Å². The molecule has 0 amide bonds. The first-order valence-corrected chi connectivity index (χ1v) is 5.97. The maximum absolute atomic E-state index is 11.4. The Hall–Kier alpha value is -1.31. The molecule has 0 aromatic heterocycles. The van der Waals surface area contributed by atoms with E-state index in [4.69, 9.17) is 7.85 Å². The highest BCUT2D eigenvalue weighted by Crippen LogP contribution is 2.42. The molecule has 2 heteroatoms. The van der Waals surface area contributed by atoms with Crippen molar-refractivity contribution in [1.82, 2.24) is 0 Å². The quantitative estimate of drug-likeness (QED) is 0.670. The minimum Gasteiger partial charge on any atom is -0.308 e. The lowest BCUT2D eigenvalue weighted by Crippen LogP contribution is -2.07. The first-order chi connectivity index (χ1) is 7.86. The molecule has 2 radical (unpaired) electrons. The van der Waals surface area contributed by atoms with Crippen LogP contribution in [-0.2, 0) is 4.79 Å². The van der Waals surface area contributed by atoms with E-state index in [-0.39, 0.29) is 11.6 Å². The van der Waals surface area contributed by atoms with Gasteiger partial charge in [-0.25, -0.2) is 0 Å². The zero-order valence-corrected chi connectivity index (χ0v) is 11.1. The van der Waals surface area contributed by atoms with Gasteiger partial charge in [0.15, 0.2) is 7.85 Å². The maximum Gasteiger partial charge on any atom is 0.174 e. The van der Waals surface area contributed by atoms with Crippen LogP contribution in [0.15, 0.2) is 5.57 Å². The lowest BCUT2D eigenvalue weighted by atomic mass is 9.83. The van der Waals surface area contributed by atoms with Crippen molar-refractivity contribution in [2.24, 2.45) is 0 Å². The Bertz CT molecular complexity index is 553. The van der Waals surface area contributed by atoms with Gasteiger partial charge in [-0.05, 0) is 72.7 Å². The van der Waals surface area contributed by atoms with E-state index in [0.717, 1.165) is 5.57 Å². The van der Waals surface area contributed by atoms with Crippen molar-refractivity contribution in [2.75, 3.05) is 0 Å². The Labute approximate surface area is 104 Å². The molecule has 86 valence electrons. The van der Waals surface area contributed by atoms with Crippen LogP contribution in [0.3, 0.4) is 0 Å². The summed E-state index contributed by atoms with van der Waals surface area (Å²) in [6.45, 7) is 10.6. The molecule has 0 bridgehead atoms. The molecule has 1 aliphatic rings. The molecule has 0 heterocycles. The van der Waals surface area contributed by atoms with Crippen molar-refractivity contribution < 1.29 is 4.79 Å². The van der Waals surface area contributed by atoms with Crippen LogP contribution in [0.1, 0.15) is 46.2 Å². The highest BCUT2D eigenvalue weighted by Gasteiger charge is 2.28. The SMILES string of the molecule is [B]C(=O)C1=Cc2c(C)c(C)c(C)c(C)c2C1C. The fourth-order valence-corrected chi connectivity index (χ4v) is 2.84. The highest BCUT2D eigenvalue weighted by atomic mass is 16.1. The van der Waals surface area contributed by atoms with Gasteiger partial charge in [0.05, 0.1) is 0 Å². The van der Waals surface area contributed by atoms with E-state index >= 15 is 0 Å². The van der Waals surface area contributed by atoms with E-state index in [1.807, 2.05) is 6.08 Å². The van der Waals surface area contributed by atoms with E-state index in [1.165, 1.54) is 33.4 Å². The molecule has 1 unspecified atom stereocenters. The summed E-state index contributed by atoms with van der Waals surface area (Å²) in [4.78, 5) is 11.4. The number of fused-ring (bicyclic) bond motifs is 1. The van der Waals surface area contributed by atoms with Gasteiger partial charge in [-0.2, -0.15) is 0 Å². The third-order valence-corrected chi connectivity index (χ3v) is 4.27. The average molecular weight is 224 g/mol. The summed E-state index contributed by atoms with van der Waals surface area (Å²) < 4.78 is 0. The summed E-state index contributed by atoms with van der Waals surface area (Å²) in [5.41, 5.74) is 8.11. The first kappa shape index (κ1) is 12.2. The van der Waals surface area contributed by atoms with Crippen LogP contribution in [0.2, 0.25) is 0 Å². The van der Waals surface area contributed by atoms with E-state index < -0.39 is 0 Å². The van der Waals surface area contributed by atoms with Crippen molar-refractivity contribution in [1.29, 1.82) is 0 Å². The summed E-state index contributed by atoms with van der Waals surface area (Å²) in [5, 5.41) is 0. The fraction of sp³-hybridized carbons (Fsp3) is 0.400. The summed E-state index contributed by atoms with van der Waals surface area (Å²) in [6, 6.07) is 0. The highest BCUT2D eigenvalue weighted by molar-refractivity contribution is 6.63. The normalized spacial score (nSPS) is 17.9. The molecule has 1 nitrogen and oxygen atoms in total. The number of hydrogen-bond acceptors (Lipinski definition) is 1. The van der Waals surface area contributed by atoms with E-state index in [0.29, 0.717) is 0 Å². The molecule has 1 atom stereocenters. The van der Waals surface area contributed by atoms with Crippen molar-refractivity contribution in [3.05, 3.63) is 39.0 Å². The van der Waals surface area contributed by atoms with Gasteiger partial charge in [0.2, 0.25) is 0 Å². The van der Waals surface area contributed by atoms with Crippen LogP contribution in [-0.4, -0.2) is 13.5 Å². The number of rotatable bonds is 1. The van der Waals surface area contributed by atoms with Gasteiger partial charge < -0.3 is 4.79 Å². The molecule has 0 saturated carbocycles. The van der Waals surface area contributed by atoms with E-state index in [1.54, 1.807) is 0 Å². The predicted molar refractivity (Wildman–Crippen MR) is 72.5 cm³/mol. The minimum atomic E-state index is -0.303. The first-order valence-electron chi connectivity index (χ1n) is 5.97. The average Bonchev–Trinajstić information content (AvgIpc) is 2.62. The molecule has 1 aliphatic carbocycles. The van der Waals surface area contributed by atoms with Gasteiger partial charge in [0, 0.05) is 5.92 Å². The van der Waals surface area contributed by atoms with Gasteiger partial charge in [0.1, 0.15) is 5.68 Å². The standard InChI is InChI=1S/C15H17BO/c1-7-8(2)10(4)14-11(5)13(15(16)17)6-12(14)9(7)3/h6,11H,1-5H3. The van der Waals surface area contributed by atoms with Crippen LogP contribution in [0.4, 0.5) is 0 Å². The topological polar surface area (TPSA) is 17.1 Å². The van der Waals surface area contributed by atoms with Crippen molar-refractivity contribution >= 4 is 19.6 Å². The summed E-state index contributed by atoms with van der Waals surface area (Å²) in [6.07, 6.45) is 1.97. The smallest absolute Gasteiger partial charge is 0.174 e. The second-order valence-corrected chi connectivity index (χ2v) is 5.01. The number of carbonyl (C=O) groups is 1. The van der Waals surface area contributed by atoms with Crippen LogP contribution >= 0.6 is 0 Å². The number of allylic oxidation sites excluding steroid dienone is 1. The Morgan fingerprint density at radius 3 is 2.12 bits per heavy atom. The lowest BCUT2D eigenvalue weighted by Gasteiger charge is -2.18. The van der Waals surface area contributed by atoms with Crippen LogP contribution in [0, 0.1) is 27.7 Å². The predicted octanol–water partition coefficient (Wildman–Crippen LogP) is 3.12. The minimum absolute atomic E-state index is 0.125. The molecule has 0 spiro atoms. The largest absolute Gasteiger partial charge is 0.308 e. The molecule has 0 fully saturated rings. The van der Waals surface area contributed by atoms with E-state index in [2.05, 4.69) is 34.6 Å². The Morgan fingerprint density at radius 1 is 1.06 bits per heavy atom. The monoisotopic (exact) mass is 224 g/mol. The third-order valence-electron chi connectivity index (χ3n) is 4.27. The Morgan fingerprint density at radius 2 is 1.59 bits per heavy atom. The summed E-state index contributed by atoms with van der Waals surface area (Å²) in [5.74, 6) is 0.125. The van der Waals surface area contributed by atoms with Gasteiger partial charge in [-0.15, -0.1) is 0 Å². The van der Waals surface area contributed by atoms with Gasteiger partial charge >= 0.3 is 0 Å². The van der Waals surface area contributed by atoms with Gasteiger partial charge in [-0.1, -0.05) is 6.92 Å². The van der Waals surface area contributed by atoms with Crippen molar-refractivity contribution in [2.45, 2.75) is 40.5 Å². The van der Waals surface area contributed by atoms with Crippen LogP contribution in [0.25, 0.3) is 6.08 Å². The van der Waals surface area contributed by atoms with Crippen molar-refractivity contribution in [3.8, 4) is 0 Å². The maximum atomic E-state index is 11.4. The fourth-order valence-electron chi connectivity index (χ4n) is 2.84. The van der Waals surface area contributed by atoms with Crippen LogP contribution in [0.5, 0.6) is 0 Å². The van der Waals surface area contributed by atoms with Crippen LogP contribution < -0.4 is 0 Å². The zero-order chi connectivity index (χ0) is 12.9. The molecule has 0 N–H and O–H groups in total. The second-order valence-electron chi connectivity index (χ2n) is 5.01. The number of hydrogen-bond donors (Lipinski definition) is 0. The Balaban J connectivity index is 2.76. The van der Waals surface area contributed by atoms with E-state index in [9.17, 15) is 4.79 Å². The van der Waals surface area contributed by atoms with Gasteiger partial charge in [0.25, 0.3) is 0 Å². The number of carbonyl (C=O) groups excluding carboxylic acids is 1. The summed E-state index contributed by atoms with van der Waals surface area (Å²) in [7, 11) is 5.44. The second kappa shape index (κ2) is 3.87. The molecular weight excluding hydrogens is 207 g/mol. The van der Waals surface area contributed by atoms with Crippen molar-refractivity contribution in [3.63, 3.8) is 0 Å². The molecule has 2 rings (SSSR count). The molecule has 17 heavy (non-hydrogen) atoms. The molecular formula is C15H17BO. The molecule has 0 saturated heterocycles. The zero-order valence-electron chi connectivity index (χ0n) is 11.1. The third kappa shape index (κ3) is 1.58. The molecule has 1 aromatic rings.